The number of rotatable bonds is 7. The smallest absolute Gasteiger partial charge is 0.321 e. The maximum Gasteiger partial charge on any atom is 0.321 e. The summed E-state index contributed by atoms with van der Waals surface area (Å²) in [4.78, 5) is 21.4. The van der Waals surface area contributed by atoms with Gasteiger partial charge in [0.1, 0.15) is 6.04 Å². The zero-order valence-corrected chi connectivity index (χ0v) is 12.9. The van der Waals surface area contributed by atoms with Gasteiger partial charge in [0.05, 0.1) is 14.9 Å². The topological polar surface area (TPSA) is 127 Å². The van der Waals surface area contributed by atoms with Gasteiger partial charge in [-0.3, -0.25) is 9.59 Å². The standard InChI is InChI=1S/C11H12Cl2N2O5S/c12-7-2-1-6(5-8(7)13)21(19,20)15-9(11(17)18)3-4-10(14)16/h1-2,5,9,15H,3-4H2,(H2,14,16)(H,17,18)/t9-/m1/s1. The summed E-state index contributed by atoms with van der Waals surface area (Å²) in [6, 6.07) is 2.08. The van der Waals surface area contributed by atoms with Gasteiger partial charge in [-0.15, -0.1) is 0 Å². The molecule has 0 aromatic heterocycles. The van der Waals surface area contributed by atoms with Crippen LogP contribution in [0.3, 0.4) is 0 Å². The molecule has 21 heavy (non-hydrogen) atoms. The highest BCUT2D eigenvalue weighted by atomic mass is 35.5. The van der Waals surface area contributed by atoms with E-state index >= 15 is 0 Å². The first-order valence-corrected chi connectivity index (χ1v) is 7.86. The van der Waals surface area contributed by atoms with Crippen molar-refractivity contribution in [2.24, 2.45) is 5.73 Å². The first-order chi connectivity index (χ1) is 9.63. The maximum atomic E-state index is 12.1. The molecule has 0 radical (unpaired) electrons. The second-order valence-electron chi connectivity index (χ2n) is 4.09. The Hall–Kier alpha value is -1.35. The van der Waals surface area contributed by atoms with Gasteiger partial charge in [-0.1, -0.05) is 23.2 Å². The molecule has 1 amide bonds. The zero-order chi connectivity index (χ0) is 16.2. The number of aliphatic carboxylic acids is 1. The van der Waals surface area contributed by atoms with E-state index in [-0.39, 0.29) is 27.8 Å². The highest BCUT2D eigenvalue weighted by molar-refractivity contribution is 7.89. The number of hydrogen-bond acceptors (Lipinski definition) is 4. The molecule has 0 unspecified atom stereocenters. The van der Waals surface area contributed by atoms with Crippen LogP contribution in [0.25, 0.3) is 0 Å². The Balaban J connectivity index is 2.97. The van der Waals surface area contributed by atoms with Crippen molar-refractivity contribution in [3.8, 4) is 0 Å². The average molecular weight is 355 g/mol. The molecule has 0 aliphatic carbocycles. The number of nitrogens with one attached hydrogen (secondary N) is 1. The van der Waals surface area contributed by atoms with Crippen molar-refractivity contribution in [1.29, 1.82) is 0 Å². The number of nitrogens with two attached hydrogens (primary N) is 1. The molecule has 1 aromatic carbocycles. The molecule has 10 heteroatoms. The van der Waals surface area contributed by atoms with Crippen LogP contribution in [-0.4, -0.2) is 31.4 Å². The number of halogens is 2. The van der Waals surface area contributed by atoms with E-state index in [1.807, 2.05) is 4.72 Å². The number of primary amides is 1. The number of hydrogen-bond donors (Lipinski definition) is 3. The summed E-state index contributed by atoms with van der Waals surface area (Å²) in [6.45, 7) is 0. The van der Waals surface area contributed by atoms with E-state index < -0.39 is 27.9 Å². The monoisotopic (exact) mass is 354 g/mol. The van der Waals surface area contributed by atoms with Gasteiger partial charge in [-0.25, -0.2) is 8.42 Å². The minimum absolute atomic E-state index is 0.0172. The van der Waals surface area contributed by atoms with E-state index in [2.05, 4.69) is 0 Å². The van der Waals surface area contributed by atoms with Gasteiger partial charge in [0.25, 0.3) is 0 Å². The van der Waals surface area contributed by atoms with Gasteiger partial charge in [0, 0.05) is 6.42 Å². The van der Waals surface area contributed by atoms with Gasteiger partial charge < -0.3 is 10.8 Å². The number of benzene rings is 1. The van der Waals surface area contributed by atoms with Crippen molar-refractivity contribution >= 4 is 45.1 Å². The van der Waals surface area contributed by atoms with Crippen molar-refractivity contribution in [2.75, 3.05) is 0 Å². The second-order valence-corrected chi connectivity index (χ2v) is 6.62. The molecule has 0 spiro atoms. The Labute approximate surface area is 131 Å². The predicted molar refractivity (Wildman–Crippen MR) is 76.6 cm³/mol. The van der Waals surface area contributed by atoms with E-state index in [0.717, 1.165) is 6.07 Å². The largest absolute Gasteiger partial charge is 0.480 e. The summed E-state index contributed by atoms with van der Waals surface area (Å²) >= 11 is 11.4. The lowest BCUT2D eigenvalue weighted by Gasteiger charge is -2.14. The number of amides is 1. The molecule has 0 saturated carbocycles. The summed E-state index contributed by atoms with van der Waals surface area (Å²) in [5, 5.41) is 9.15. The Bertz CT molecular complexity index is 663. The van der Waals surface area contributed by atoms with Gasteiger partial charge in [-0.2, -0.15) is 4.72 Å². The molecular formula is C11H12Cl2N2O5S. The van der Waals surface area contributed by atoms with E-state index in [1.165, 1.54) is 12.1 Å². The first kappa shape index (κ1) is 17.7. The highest BCUT2D eigenvalue weighted by Crippen LogP contribution is 2.24. The quantitative estimate of drug-likeness (QED) is 0.672. The molecule has 1 rings (SSSR count). The van der Waals surface area contributed by atoms with E-state index in [4.69, 9.17) is 34.0 Å². The molecule has 0 aliphatic rings. The van der Waals surface area contributed by atoms with Crippen molar-refractivity contribution in [1.82, 2.24) is 4.72 Å². The number of carbonyl (C=O) groups is 2. The highest BCUT2D eigenvalue weighted by Gasteiger charge is 2.26. The summed E-state index contributed by atoms with van der Waals surface area (Å²) < 4.78 is 26.1. The fourth-order valence-electron chi connectivity index (χ4n) is 1.42. The molecule has 1 atom stereocenters. The fraction of sp³-hybridized carbons (Fsp3) is 0.273. The average Bonchev–Trinajstić information content (AvgIpc) is 2.37. The van der Waals surface area contributed by atoms with Crippen molar-refractivity contribution in [3.63, 3.8) is 0 Å². The minimum atomic E-state index is -4.12. The molecule has 116 valence electrons. The molecule has 0 heterocycles. The fourth-order valence-corrected chi connectivity index (χ4v) is 3.03. The summed E-state index contributed by atoms with van der Waals surface area (Å²) in [5.41, 5.74) is 4.91. The lowest BCUT2D eigenvalue weighted by atomic mass is 10.2. The van der Waals surface area contributed by atoms with Crippen LogP contribution in [-0.2, 0) is 19.6 Å². The van der Waals surface area contributed by atoms with Crippen LogP contribution >= 0.6 is 23.2 Å². The van der Waals surface area contributed by atoms with Crippen molar-refractivity contribution in [3.05, 3.63) is 28.2 Å². The Kier molecular flexibility index (Phi) is 5.97. The van der Waals surface area contributed by atoms with Crippen molar-refractivity contribution < 1.29 is 23.1 Å². The summed E-state index contributed by atoms with van der Waals surface area (Å²) in [6.07, 6.45) is -0.522. The zero-order valence-electron chi connectivity index (χ0n) is 10.5. The molecule has 0 bridgehead atoms. The minimum Gasteiger partial charge on any atom is -0.480 e. The Morgan fingerprint density at radius 1 is 1.29 bits per heavy atom. The van der Waals surface area contributed by atoms with Crippen LogP contribution in [0.5, 0.6) is 0 Å². The molecule has 0 saturated heterocycles. The Morgan fingerprint density at radius 3 is 2.38 bits per heavy atom. The van der Waals surface area contributed by atoms with E-state index in [9.17, 15) is 18.0 Å². The van der Waals surface area contributed by atoms with Gasteiger partial charge in [0.15, 0.2) is 0 Å². The second kappa shape index (κ2) is 7.08. The Morgan fingerprint density at radius 2 is 1.90 bits per heavy atom. The predicted octanol–water partition coefficient (Wildman–Crippen LogP) is 0.990. The third kappa shape index (κ3) is 5.16. The van der Waals surface area contributed by atoms with Crippen LogP contribution in [0, 0.1) is 0 Å². The van der Waals surface area contributed by atoms with Crippen LogP contribution in [0.15, 0.2) is 23.1 Å². The SMILES string of the molecule is NC(=O)CC[C@@H](NS(=O)(=O)c1ccc(Cl)c(Cl)c1)C(=O)O. The number of sulfonamides is 1. The third-order valence-electron chi connectivity index (χ3n) is 2.48. The number of carboxylic acids is 1. The van der Waals surface area contributed by atoms with Crippen LogP contribution in [0.4, 0.5) is 0 Å². The third-order valence-corrected chi connectivity index (χ3v) is 4.68. The number of carbonyl (C=O) groups excluding carboxylic acids is 1. The molecule has 1 aromatic rings. The van der Waals surface area contributed by atoms with Crippen LogP contribution in [0.2, 0.25) is 10.0 Å². The van der Waals surface area contributed by atoms with E-state index in [1.54, 1.807) is 0 Å². The summed E-state index contributed by atoms with van der Waals surface area (Å²) in [7, 11) is -4.12. The number of carboxylic acid groups (broad SMARTS) is 1. The van der Waals surface area contributed by atoms with Crippen LogP contribution in [0.1, 0.15) is 12.8 Å². The molecule has 4 N–H and O–H groups in total. The summed E-state index contributed by atoms with van der Waals surface area (Å²) in [5.74, 6) is -2.14. The first-order valence-electron chi connectivity index (χ1n) is 5.62. The lowest BCUT2D eigenvalue weighted by molar-refractivity contribution is -0.139. The van der Waals surface area contributed by atoms with E-state index in [0.29, 0.717) is 0 Å². The molecule has 0 fully saturated rings. The molecule has 0 aliphatic heterocycles. The van der Waals surface area contributed by atoms with Gasteiger partial charge in [-0.05, 0) is 24.6 Å². The van der Waals surface area contributed by atoms with Crippen molar-refractivity contribution in [2.45, 2.75) is 23.8 Å². The molecule has 7 nitrogen and oxygen atoms in total. The normalized spacial score (nSPS) is 12.9. The van der Waals surface area contributed by atoms with Gasteiger partial charge >= 0.3 is 5.97 Å². The lowest BCUT2D eigenvalue weighted by Crippen LogP contribution is -2.41. The van der Waals surface area contributed by atoms with Crippen LogP contribution < -0.4 is 10.5 Å². The maximum absolute atomic E-state index is 12.1. The van der Waals surface area contributed by atoms with Gasteiger partial charge in [0.2, 0.25) is 15.9 Å². The molecular weight excluding hydrogens is 343 g/mol.